The molecular formula is C11H14ClN3O3. The minimum absolute atomic E-state index is 0.0756. The van der Waals surface area contributed by atoms with Gasteiger partial charge in [-0.3, -0.25) is 10.1 Å². The third-order valence-corrected chi connectivity index (χ3v) is 3.23. The van der Waals surface area contributed by atoms with E-state index < -0.39 is 4.92 Å². The van der Waals surface area contributed by atoms with Crippen molar-refractivity contribution >= 4 is 23.1 Å². The van der Waals surface area contributed by atoms with E-state index in [0.717, 1.165) is 25.7 Å². The summed E-state index contributed by atoms with van der Waals surface area (Å²) in [5, 5.41) is 23.3. The molecule has 98 valence electrons. The number of nitrogens with one attached hydrogen (secondary N) is 1. The highest BCUT2D eigenvalue weighted by atomic mass is 35.5. The smallest absolute Gasteiger partial charge is 0.276 e. The van der Waals surface area contributed by atoms with Crippen molar-refractivity contribution in [2.45, 2.75) is 37.8 Å². The summed E-state index contributed by atoms with van der Waals surface area (Å²) in [5.41, 5.74) is -0.0756. The molecule has 6 nitrogen and oxygen atoms in total. The first kappa shape index (κ1) is 13.0. The minimum Gasteiger partial charge on any atom is -0.393 e. The standard InChI is InChI=1S/C11H14ClN3O3/c12-10-5-8(15(17)18)6-11(14-10)13-7-1-3-9(16)4-2-7/h5-7,9,16H,1-4H2,(H,13,14). The number of anilines is 1. The van der Waals surface area contributed by atoms with Crippen LogP contribution in [0.2, 0.25) is 5.15 Å². The molecule has 0 spiro atoms. The van der Waals surface area contributed by atoms with Crippen LogP contribution in [0.5, 0.6) is 0 Å². The van der Waals surface area contributed by atoms with Crippen molar-refractivity contribution in [3.63, 3.8) is 0 Å². The zero-order chi connectivity index (χ0) is 13.1. The van der Waals surface area contributed by atoms with Crippen LogP contribution in [0.3, 0.4) is 0 Å². The van der Waals surface area contributed by atoms with Crippen molar-refractivity contribution < 1.29 is 10.0 Å². The summed E-state index contributed by atoms with van der Waals surface area (Å²) in [6.07, 6.45) is 2.89. The normalized spacial score (nSPS) is 23.7. The van der Waals surface area contributed by atoms with Gasteiger partial charge in [-0.1, -0.05) is 11.6 Å². The molecule has 1 aliphatic rings. The topological polar surface area (TPSA) is 88.3 Å². The van der Waals surface area contributed by atoms with E-state index >= 15 is 0 Å². The number of nitrogens with zero attached hydrogens (tertiary/aromatic N) is 2. The summed E-state index contributed by atoms with van der Waals surface area (Å²) in [4.78, 5) is 14.2. The number of rotatable bonds is 3. The fourth-order valence-electron chi connectivity index (χ4n) is 2.09. The van der Waals surface area contributed by atoms with Crippen LogP contribution < -0.4 is 5.32 Å². The number of hydrogen-bond donors (Lipinski definition) is 2. The van der Waals surface area contributed by atoms with Gasteiger partial charge in [0.05, 0.1) is 23.2 Å². The van der Waals surface area contributed by atoms with Crippen LogP contribution in [0.1, 0.15) is 25.7 Å². The molecule has 2 N–H and O–H groups in total. The Morgan fingerprint density at radius 2 is 2.06 bits per heavy atom. The molecule has 0 aromatic carbocycles. The molecule has 0 aliphatic heterocycles. The average molecular weight is 272 g/mol. The van der Waals surface area contributed by atoms with Crippen LogP contribution in [-0.2, 0) is 0 Å². The summed E-state index contributed by atoms with van der Waals surface area (Å²) in [6.45, 7) is 0. The van der Waals surface area contributed by atoms with Crippen LogP contribution >= 0.6 is 11.6 Å². The summed E-state index contributed by atoms with van der Waals surface area (Å²) < 4.78 is 0. The molecule has 1 aromatic rings. The molecule has 18 heavy (non-hydrogen) atoms. The third kappa shape index (κ3) is 3.30. The maximum atomic E-state index is 10.7. The average Bonchev–Trinajstić information content (AvgIpc) is 2.31. The van der Waals surface area contributed by atoms with Crippen molar-refractivity contribution in [1.29, 1.82) is 0 Å². The predicted molar refractivity (Wildman–Crippen MR) is 67.8 cm³/mol. The fraction of sp³-hybridized carbons (Fsp3) is 0.545. The molecule has 2 rings (SSSR count). The number of hydrogen-bond acceptors (Lipinski definition) is 5. The Labute approximate surface area is 109 Å². The molecular weight excluding hydrogens is 258 g/mol. The second-order valence-corrected chi connectivity index (χ2v) is 4.83. The number of aromatic nitrogens is 1. The van der Waals surface area contributed by atoms with Gasteiger partial charge in [-0.25, -0.2) is 4.98 Å². The summed E-state index contributed by atoms with van der Waals surface area (Å²) in [6, 6.07) is 2.77. The quantitative estimate of drug-likeness (QED) is 0.500. The van der Waals surface area contributed by atoms with Crippen molar-refractivity contribution in [2.24, 2.45) is 0 Å². The third-order valence-electron chi connectivity index (χ3n) is 3.04. The van der Waals surface area contributed by atoms with E-state index in [4.69, 9.17) is 11.6 Å². The Balaban J connectivity index is 2.07. The van der Waals surface area contributed by atoms with E-state index in [2.05, 4.69) is 10.3 Å². The summed E-state index contributed by atoms with van der Waals surface area (Å²) in [5.74, 6) is 0.413. The van der Waals surface area contributed by atoms with Gasteiger partial charge in [0.25, 0.3) is 5.69 Å². The van der Waals surface area contributed by atoms with Crippen LogP contribution in [0.25, 0.3) is 0 Å². The highest BCUT2D eigenvalue weighted by molar-refractivity contribution is 6.29. The lowest BCUT2D eigenvalue weighted by molar-refractivity contribution is -0.384. The zero-order valence-corrected chi connectivity index (χ0v) is 10.4. The molecule has 7 heteroatoms. The summed E-state index contributed by atoms with van der Waals surface area (Å²) >= 11 is 5.74. The van der Waals surface area contributed by atoms with Crippen LogP contribution in [0.4, 0.5) is 11.5 Å². The molecule has 1 saturated carbocycles. The maximum Gasteiger partial charge on any atom is 0.276 e. The molecule has 1 heterocycles. The molecule has 1 aromatic heterocycles. The predicted octanol–water partition coefficient (Wildman–Crippen LogP) is 2.36. The van der Waals surface area contributed by atoms with E-state index in [1.54, 1.807) is 0 Å². The molecule has 1 aliphatic carbocycles. The molecule has 0 radical (unpaired) electrons. The first-order chi connectivity index (χ1) is 8.54. The van der Waals surface area contributed by atoms with Crippen molar-refractivity contribution in [3.05, 3.63) is 27.4 Å². The van der Waals surface area contributed by atoms with E-state index in [1.165, 1.54) is 12.1 Å². The lowest BCUT2D eigenvalue weighted by Crippen LogP contribution is -2.28. The maximum absolute atomic E-state index is 10.7. The van der Waals surface area contributed by atoms with Gasteiger partial charge >= 0.3 is 0 Å². The Morgan fingerprint density at radius 1 is 1.39 bits per heavy atom. The van der Waals surface area contributed by atoms with Gasteiger partial charge in [0.15, 0.2) is 0 Å². The highest BCUT2D eigenvalue weighted by Crippen LogP contribution is 2.25. The Hall–Kier alpha value is -1.40. The monoisotopic (exact) mass is 271 g/mol. The van der Waals surface area contributed by atoms with Crippen molar-refractivity contribution in [3.8, 4) is 0 Å². The van der Waals surface area contributed by atoms with Gasteiger partial charge in [-0.15, -0.1) is 0 Å². The fourth-order valence-corrected chi connectivity index (χ4v) is 2.29. The van der Waals surface area contributed by atoms with Gasteiger partial charge in [0.1, 0.15) is 11.0 Å². The van der Waals surface area contributed by atoms with E-state index in [-0.39, 0.29) is 23.0 Å². The van der Waals surface area contributed by atoms with Crippen molar-refractivity contribution in [1.82, 2.24) is 4.98 Å². The number of aliphatic hydroxyl groups is 1. The second-order valence-electron chi connectivity index (χ2n) is 4.44. The van der Waals surface area contributed by atoms with Gasteiger partial charge in [0.2, 0.25) is 0 Å². The SMILES string of the molecule is O=[N+]([O-])c1cc(Cl)nc(NC2CCC(O)CC2)c1. The highest BCUT2D eigenvalue weighted by Gasteiger charge is 2.20. The number of aliphatic hydroxyl groups excluding tert-OH is 1. The first-order valence-corrected chi connectivity index (χ1v) is 6.19. The van der Waals surface area contributed by atoms with E-state index in [9.17, 15) is 15.2 Å². The molecule has 0 unspecified atom stereocenters. The Morgan fingerprint density at radius 3 is 2.67 bits per heavy atom. The van der Waals surface area contributed by atoms with Gasteiger partial charge in [-0.05, 0) is 25.7 Å². The number of nitro groups is 1. The van der Waals surface area contributed by atoms with Gasteiger partial charge in [0, 0.05) is 6.04 Å². The largest absolute Gasteiger partial charge is 0.393 e. The lowest BCUT2D eigenvalue weighted by Gasteiger charge is -2.26. The van der Waals surface area contributed by atoms with Crippen LogP contribution in [0, 0.1) is 10.1 Å². The number of halogens is 1. The van der Waals surface area contributed by atoms with E-state index in [0.29, 0.717) is 5.82 Å². The molecule has 0 amide bonds. The summed E-state index contributed by atoms with van der Waals surface area (Å²) in [7, 11) is 0. The number of pyridine rings is 1. The molecule has 0 bridgehead atoms. The van der Waals surface area contributed by atoms with Crippen LogP contribution in [0.15, 0.2) is 12.1 Å². The zero-order valence-electron chi connectivity index (χ0n) is 9.67. The van der Waals surface area contributed by atoms with E-state index in [1.807, 2.05) is 0 Å². The van der Waals surface area contributed by atoms with Gasteiger partial charge in [-0.2, -0.15) is 0 Å². The Kier molecular flexibility index (Phi) is 3.98. The lowest BCUT2D eigenvalue weighted by atomic mass is 9.93. The Bertz CT molecular complexity index is 447. The minimum atomic E-state index is -0.497. The van der Waals surface area contributed by atoms with Crippen molar-refractivity contribution in [2.75, 3.05) is 5.32 Å². The van der Waals surface area contributed by atoms with Crippen LogP contribution in [-0.4, -0.2) is 27.2 Å². The molecule has 0 atom stereocenters. The second kappa shape index (κ2) is 5.49. The molecule has 0 saturated heterocycles. The van der Waals surface area contributed by atoms with Gasteiger partial charge < -0.3 is 10.4 Å². The molecule has 1 fully saturated rings. The first-order valence-electron chi connectivity index (χ1n) is 5.81.